The van der Waals surface area contributed by atoms with Crippen molar-refractivity contribution in [3.8, 4) is 56.4 Å². The van der Waals surface area contributed by atoms with Crippen molar-refractivity contribution in [3.05, 3.63) is 164 Å². The van der Waals surface area contributed by atoms with Gasteiger partial charge in [-0.3, -0.25) is 0 Å². The summed E-state index contributed by atoms with van der Waals surface area (Å²) in [5.41, 5.74) is 10.1. The van der Waals surface area contributed by atoms with Gasteiger partial charge in [0, 0.05) is 27.1 Å². The number of para-hydroxylation sites is 3. The van der Waals surface area contributed by atoms with Crippen molar-refractivity contribution in [3.63, 3.8) is 0 Å². The summed E-state index contributed by atoms with van der Waals surface area (Å²) in [6, 6.07) is 55.7. The lowest BCUT2D eigenvalue weighted by Crippen LogP contribution is -2.00. The van der Waals surface area contributed by atoms with E-state index in [1.807, 2.05) is 78.9 Å². The normalized spacial score (nSPS) is 11.6. The van der Waals surface area contributed by atoms with Crippen LogP contribution >= 0.6 is 0 Å². The van der Waals surface area contributed by atoms with E-state index in [2.05, 4.69) is 84.9 Å². The number of nitrogens with zero attached hydrogens (tertiary/aromatic N) is 3. The average Bonchev–Trinajstić information content (AvgIpc) is 3.77. The zero-order valence-electron chi connectivity index (χ0n) is 26.7. The monoisotopic (exact) mass is 641 g/mol. The van der Waals surface area contributed by atoms with Crippen LogP contribution in [0, 0.1) is 0 Å². The third-order valence-corrected chi connectivity index (χ3v) is 9.38. The first-order valence-corrected chi connectivity index (χ1v) is 16.6. The fourth-order valence-corrected chi connectivity index (χ4v) is 6.99. The van der Waals surface area contributed by atoms with Gasteiger partial charge in [0.25, 0.3) is 0 Å². The molecule has 0 amide bonds. The van der Waals surface area contributed by atoms with E-state index in [9.17, 15) is 0 Å². The smallest absolute Gasteiger partial charge is 0.167 e. The van der Waals surface area contributed by atoms with Gasteiger partial charge in [0.05, 0.1) is 11.1 Å². The van der Waals surface area contributed by atoms with Crippen LogP contribution in [0.2, 0.25) is 0 Å². The highest BCUT2D eigenvalue weighted by Gasteiger charge is 2.21. The molecule has 3 heterocycles. The Morgan fingerprint density at radius 1 is 0.300 bits per heavy atom. The molecule has 5 nitrogen and oxygen atoms in total. The highest BCUT2D eigenvalue weighted by atomic mass is 16.3. The predicted molar refractivity (Wildman–Crippen MR) is 202 cm³/mol. The molecule has 7 aromatic carbocycles. The Hall–Kier alpha value is -6.85. The minimum Gasteiger partial charge on any atom is -0.455 e. The molecule has 0 N–H and O–H groups in total. The van der Waals surface area contributed by atoms with Crippen molar-refractivity contribution in [2.75, 3.05) is 0 Å². The number of aromatic nitrogens is 3. The lowest BCUT2D eigenvalue weighted by atomic mass is 9.99. The molecule has 0 saturated carbocycles. The van der Waals surface area contributed by atoms with E-state index in [0.29, 0.717) is 17.5 Å². The van der Waals surface area contributed by atoms with Crippen molar-refractivity contribution in [1.82, 2.24) is 15.0 Å². The molecule has 0 aliphatic carbocycles. The molecule has 0 aliphatic rings. The summed E-state index contributed by atoms with van der Waals surface area (Å²) in [7, 11) is 0. The molecule has 0 radical (unpaired) electrons. The van der Waals surface area contributed by atoms with Crippen LogP contribution in [-0.4, -0.2) is 15.0 Å². The largest absolute Gasteiger partial charge is 0.455 e. The highest BCUT2D eigenvalue weighted by molar-refractivity contribution is 6.15. The standard InChI is InChI=1S/C45H27N3O2/c1-3-12-28(13-4-1)29-24-26-31(27-25-29)43-46-44(36-20-9-18-34-33-16-7-8-22-38(33)49-41(34)36)48-45(47-43)37-21-10-19-35-40-32(30-14-5-2-6-15-30)17-11-23-39(40)50-42(35)37/h1-27H. The first-order chi connectivity index (χ1) is 24.8. The van der Waals surface area contributed by atoms with Gasteiger partial charge >= 0.3 is 0 Å². The minimum atomic E-state index is 0.524. The second-order valence-corrected chi connectivity index (χ2v) is 12.4. The number of furan rings is 2. The number of rotatable bonds is 5. The topological polar surface area (TPSA) is 65.0 Å². The summed E-state index contributed by atoms with van der Waals surface area (Å²) < 4.78 is 13.1. The molecule has 0 fully saturated rings. The average molecular weight is 642 g/mol. The van der Waals surface area contributed by atoms with Gasteiger partial charge in [0.2, 0.25) is 0 Å². The summed E-state index contributed by atoms with van der Waals surface area (Å²) in [4.78, 5) is 15.3. The molecule has 0 unspecified atom stereocenters. The molecule has 0 aliphatic heterocycles. The van der Waals surface area contributed by atoms with Crippen LogP contribution in [-0.2, 0) is 0 Å². The highest BCUT2D eigenvalue weighted by Crippen LogP contribution is 2.41. The van der Waals surface area contributed by atoms with Crippen LogP contribution in [0.1, 0.15) is 0 Å². The van der Waals surface area contributed by atoms with E-state index in [1.165, 1.54) is 0 Å². The van der Waals surface area contributed by atoms with Crippen molar-refractivity contribution >= 4 is 43.9 Å². The lowest BCUT2D eigenvalue weighted by Gasteiger charge is -2.10. The zero-order chi connectivity index (χ0) is 33.0. The molecule has 0 bridgehead atoms. The quantitative estimate of drug-likeness (QED) is 0.187. The maximum atomic E-state index is 6.65. The molecular formula is C45H27N3O2. The van der Waals surface area contributed by atoms with Gasteiger partial charge in [-0.25, -0.2) is 15.0 Å². The number of hydrogen-bond donors (Lipinski definition) is 0. The lowest BCUT2D eigenvalue weighted by molar-refractivity contribution is 0.669. The summed E-state index contributed by atoms with van der Waals surface area (Å²) in [6.07, 6.45) is 0. The molecule has 0 atom stereocenters. The summed E-state index contributed by atoms with van der Waals surface area (Å²) in [5, 5.41) is 4.14. The molecule has 3 aromatic heterocycles. The van der Waals surface area contributed by atoms with Crippen LogP contribution in [0.3, 0.4) is 0 Å². The Morgan fingerprint density at radius 3 is 1.52 bits per heavy atom. The Kier molecular flexibility index (Phi) is 6.42. The molecule has 0 saturated heterocycles. The van der Waals surface area contributed by atoms with Crippen molar-refractivity contribution < 1.29 is 8.83 Å². The van der Waals surface area contributed by atoms with E-state index in [4.69, 9.17) is 23.8 Å². The second-order valence-electron chi connectivity index (χ2n) is 12.4. The van der Waals surface area contributed by atoms with Gasteiger partial charge in [-0.2, -0.15) is 0 Å². The fraction of sp³-hybridized carbons (Fsp3) is 0. The summed E-state index contributed by atoms with van der Waals surface area (Å²) in [5.74, 6) is 1.62. The second kappa shape index (κ2) is 11.4. The Labute approximate surface area is 287 Å². The Morgan fingerprint density at radius 2 is 0.780 bits per heavy atom. The van der Waals surface area contributed by atoms with Gasteiger partial charge in [-0.15, -0.1) is 0 Å². The maximum Gasteiger partial charge on any atom is 0.167 e. The van der Waals surface area contributed by atoms with Gasteiger partial charge in [0.1, 0.15) is 22.3 Å². The maximum absolute atomic E-state index is 6.65. The van der Waals surface area contributed by atoms with Crippen LogP contribution in [0.15, 0.2) is 173 Å². The number of hydrogen-bond acceptors (Lipinski definition) is 5. The van der Waals surface area contributed by atoms with Crippen molar-refractivity contribution in [2.45, 2.75) is 0 Å². The van der Waals surface area contributed by atoms with E-state index < -0.39 is 0 Å². The molecule has 234 valence electrons. The van der Waals surface area contributed by atoms with Crippen molar-refractivity contribution in [1.29, 1.82) is 0 Å². The molecule has 50 heavy (non-hydrogen) atoms. The van der Waals surface area contributed by atoms with Crippen LogP contribution in [0.25, 0.3) is 100 Å². The molecule has 10 aromatic rings. The first-order valence-electron chi connectivity index (χ1n) is 16.6. The molecule has 10 rings (SSSR count). The first kappa shape index (κ1) is 28.2. The van der Waals surface area contributed by atoms with E-state index >= 15 is 0 Å². The van der Waals surface area contributed by atoms with Gasteiger partial charge in [-0.05, 0) is 46.5 Å². The van der Waals surface area contributed by atoms with E-state index in [1.54, 1.807) is 0 Å². The number of fused-ring (bicyclic) bond motifs is 6. The third kappa shape index (κ3) is 4.60. The predicted octanol–water partition coefficient (Wildman–Crippen LogP) is 12.0. The molecule has 0 spiro atoms. The van der Waals surface area contributed by atoms with Crippen molar-refractivity contribution in [2.24, 2.45) is 0 Å². The minimum absolute atomic E-state index is 0.524. The van der Waals surface area contributed by atoms with Crippen LogP contribution in [0.5, 0.6) is 0 Å². The number of benzene rings is 7. The summed E-state index contributed by atoms with van der Waals surface area (Å²) in [6.45, 7) is 0. The van der Waals surface area contributed by atoms with Crippen LogP contribution in [0.4, 0.5) is 0 Å². The SMILES string of the molecule is c1ccc(-c2ccc(-c3nc(-c4cccc5c4oc4ccccc45)nc(-c4cccc5c4oc4cccc(-c6ccccc6)c45)n3)cc2)cc1. The summed E-state index contributed by atoms with van der Waals surface area (Å²) >= 11 is 0. The molecular weight excluding hydrogens is 615 g/mol. The Bertz CT molecular complexity index is 2850. The van der Waals surface area contributed by atoms with E-state index in [-0.39, 0.29) is 0 Å². The van der Waals surface area contributed by atoms with Gasteiger partial charge in [-0.1, -0.05) is 140 Å². The van der Waals surface area contributed by atoms with Gasteiger partial charge < -0.3 is 8.83 Å². The van der Waals surface area contributed by atoms with E-state index in [0.717, 1.165) is 82.8 Å². The van der Waals surface area contributed by atoms with Crippen LogP contribution < -0.4 is 0 Å². The fourth-order valence-electron chi connectivity index (χ4n) is 6.99. The zero-order valence-corrected chi connectivity index (χ0v) is 26.7. The van der Waals surface area contributed by atoms with Gasteiger partial charge in [0.15, 0.2) is 17.5 Å². The third-order valence-electron chi connectivity index (χ3n) is 9.38. The Balaban J connectivity index is 1.20. The molecule has 5 heteroatoms.